The molecule has 1 N–H and O–H groups in total. The Morgan fingerprint density at radius 3 is 2.76 bits per heavy atom. The predicted molar refractivity (Wildman–Crippen MR) is 90.6 cm³/mol. The van der Waals surface area contributed by atoms with E-state index in [0.717, 1.165) is 17.3 Å². The van der Waals surface area contributed by atoms with Crippen LogP contribution in [0.15, 0.2) is 27.1 Å². The number of carbonyl (C=O) groups excluding carboxylic acids is 1. The highest BCUT2D eigenvalue weighted by atomic mass is 79.9. The lowest BCUT2D eigenvalue weighted by molar-refractivity contribution is -0.141. The lowest BCUT2D eigenvalue weighted by Crippen LogP contribution is -2.45. The van der Waals surface area contributed by atoms with E-state index in [1.54, 1.807) is 23.9 Å². The molecule has 1 amide bonds. The first-order valence-corrected chi connectivity index (χ1v) is 9.21. The average molecular weight is 437 g/mol. The van der Waals surface area contributed by atoms with Crippen LogP contribution in [0.25, 0.3) is 0 Å². The maximum absolute atomic E-state index is 12.8. The molecule has 1 aliphatic rings. The van der Waals surface area contributed by atoms with Gasteiger partial charge in [-0.1, -0.05) is 29.3 Å². The molecule has 4 nitrogen and oxygen atoms in total. The minimum Gasteiger partial charge on any atom is -0.480 e. The summed E-state index contributed by atoms with van der Waals surface area (Å²) in [6, 6.07) is 4.57. The number of amides is 1. The fraction of sp³-hybridized carbons (Fsp3) is 0.429. The van der Waals surface area contributed by atoms with Crippen LogP contribution in [-0.2, 0) is 4.79 Å². The van der Waals surface area contributed by atoms with E-state index in [9.17, 15) is 14.7 Å². The molecule has 1 aromatic rings. The summed E-state index contributed by atoms with van der Waals surface area (Å²) in [5.41, 5.74) is 0.485. The molecule has 0 saturated carbocycles. The summed E-state index contributed by atoms with van der Waals surface area (Å²) in [6.07, 6.45) is 1.71. The monoisotopic (exact) mass is 435 g/mol. The highest BCUT2D eigenvalue weighted by Crippen LogP contribution is 2.35. The van der Waals surface area contributed by atoms with Crippen molar-refractivity contribution in [3.63, 3.8) is 0 Å². The molecule has 1 heterocycles. The Kier molecular flexibility index (Phi) is 5.73. The molecule has 0 bridgehead atoms. The molecule has 0 aliphatic carbocycles. The topological polar surface area (TPSA) is 57.6 Å². The molecule has 2 atom stereocenters. The van der Waals surface area contributed by atoms with Gasteiger partial charge in [0.25, 0.3) is 5.91 Å². The summed E-state index contributed by atoms with van der Waals surface area (Å²) in [5.74, 6) is -0.739. The normalized spacial score (nSPS) is 21.6. The van der Waals surface area contributed by atoms with Crippen molar-refractivity contribution in [2.24, 2.45) is 0 Å². The number of halogens is 2. The number of aliphatic carboxylic acids is 1. The second-order valence-electron chi connectivity index (χ2n) is 4.77. The molecule has 2 rings (SSSR count). The summed E-state index contributed by atoms with van der Waals surface area (Å²) in [6.45, 7) is 2.03. The van der Waals surface area contributed by atoms with Crippen molar-refractivity contribution < 1.29 is 14.7 Å². The van der Waals surface area contributed by atoms with Gasteiger partial charge in [0.1, 0.15) is 6.04 Å². The van der Waals surface area contributed by atoms with Gasteiger partial charge < -0.3 is 10.0 Å². The fourth-order valence-electron chi connectivity index (χ4n) is 2.30. The van der Waals surface area contributed by atoms with Crippen molar-refractivity contribution in [1.29, 1.82) is 0 Å². The Labute approximate surface area is 144 Å². The van der Waals surface area contributed by atoms with Crippen molar-refractivity contribution in [1.82, 2.24) is 4.90 Å². The Hall–Kier alpha value is -0.530. The summed E-state index contributed by atoms with van der Waals surface area (Å²) < 4.78 is 1.46. The van der Waals surface area contributed by atoms with Gasteiger partial charge in [-0.05, 0) is 40.5 Å². The predicted octanol–water partition coefficient (Wildman–Crippen LogP) is 3.98. The van der Waals surface area contributed by atoms with Gasteiger partial charge in [0.05, 0.1) is 10.9 Å². The van der Waals surface area contributed by atoms with Gasteiger partial charge in [-0.15, -0.1) is 11.8 Å². The number of carbonyl (C=O) groups is 2. The van der Waals surface area contributed by atoms with Gasteiger partial charge in [0, 0.05) is 14.7 Å². The van der Waals surface area contributed by atoms with Crippen molar-refractivity contribution in [2.75, 3.05) is 5.75 Å². The zero-order valence-corrected chi connectivity index (χ0v) is 15.4. The molecule has 114 valence electrons. The maximum atomic E-state index is 12.8. The van der Waals surface area contributed by atoms with Gasteiger partial charge in [0.2, 0.25) is 0 Å². The average Bonchev–Trinajstić information content (AvgIpc) is 2.85. The second-order valence-corrected chi connectivity index (χ2v) is 7.75. The van der Waals surface area contributed by atoms with Gasteiger partial charge in [-0.3, -0.25) is 4.79 Å². The second kappa shape index (κ2) is 7.15. The number of hydrogen-bond acceptors (Lipinski definition) is 3. The van der Waals surface area contributed by atoms with E-state index in [4.69, 9.17) is 0 Å². The van der Waals surface area contributed by atoms with Crippen LogP contribution in [0.4, 0.5) is 0 Å². The molecule has 0 aromatic heterocycles. The number of carboxylic acids is 1. The number of nitrogens with zero attached hydrogens (tertiary/aromatic N) is 1. The van der Waals surface area contributed by atoms with Crippen LogP contribution in [0.1, 0.15) is 30.1 Å². The van der Waals surface area contributed by atoms with Crippen LogP contribution in [0.2, 0.25) is 0 Å². The lowest BCUT2D eigenvalue weighted by atomic mass is 10.1. The molecule has 7 heteroatoms. The zero-order valence-electron chi connectivity index (χ0n) is 11.4. The van der Waals surface area contributed by atoms with Crippen LogP contribution in [0.3, 0.4) is 0 Å². The summed E-state index contributed by atoms with van der Waals surface area (Å²) in [5, 5.41) is 9.29. The molecule has 0 radical (unpaired) electrons. The highest BCUT2D eigenvalue weighted by molar-refractivity contribution is 9.11. The molecule has 21 heavy (non-hydrogen) atoms. The van der Waals surface area contributed by atoms with Crippen molar-refractivity contribution >= 4 is 55.5 Å². The SMILES string of the molecule is CCCC1SCC(C(=O)O)N1C(=O)c1cc(Br)ccc1Br. The Morgan fingerprint density at radius 2 is 2.14 bits per heavy atom. The van der Waals surface area contributed by atoms with Crippen molar-refractivity contribution in [2.45, 2.75) is 31.2 Å². The fourth-order valence-corrected chi connectivity index (χ4v) is 4.59. The first-order chi connectivity index (χ1) is 9.95. The van der Waals surface area contributed by atoms with Crippen LogP contribution >= 0.6 is 43.6 Å². The molecule has 1 saturated heterocycles. The van der Waals surface area contributed by atoms with E-state index in [-0.39, 0.29) is 11.3 Å². The van der Waals surface area contributed by atoms with E-state index in [1.807, 2.05) is 13.0 Å². The number of rotatable bonds is 4. The van der Waals surface area contributed by atoms with E-state index >= 15 is 0 Å². The van der Waals surface area contributed by atoms with E-state index < -0.39 is 12.0 Å². The third-order valence-corrected chi connectivity index (χ3v) is 5.85. The first kappa shape index (κ1) is 16.8. The maximum Gasteiger partial charge on any atom is 0.327 e. The van der Waals surface area contributed by atoms with Gasteiger partial charge >= 0.3 is 5.97 Å². The summed E-state index contributed by atoms with van der Waals surface area (Å²) in [7, 11) is 0. The van der Waals surface area contributed by atoms with Crippen molar-refractivity contribution in [3.05, 3.63) is 32.7 Å². The number of hydrogen-bond donors (Lipinski definition) is 1. The molecule has 1 aliphatic heterocycles. The Morgan fingerprint density at radius 1 is 1.43 bits per heavy atom. The van der Waals surface area contributed by atoms with Crippen molar-refractivity contribution in [3.8, 4) is 0 Å². The number of thioether (sulfide) groups is 1. The van der Waals surface area contributed by atoms with Crippen LogP contribution in [0, 0.1) is 0 Å². The van der Waals surface area contributed by atoms with E-state index in [2.05, 4.69) is 31.9 Å². The smallest absolute Gasteiger partial charge is 0.327 e. The van der Waals surface area contributed by atoms with Crippen LogP contribution < -0.4 is 0 Å². The lowest BCUT2D eigenvalue weighted by Gasteiger charge is -2.27. The standard InChI is InChI=1S/C14H15Br2NO3S/c1-2-3-12-17(11(7-21-12)14(19)20)13(18)9-6-8(15)4-5-10(9)16/h4-6,11-12H,2-3,7H2,1H3,(H,19,20). The van der Waals surface area contributed by atoms with Crippen LogP contribution in [0.5, 0.6) is 0 Å². The zero-order chi connectivity index (χ0) is 15.6. The largest absolute Gasteiger partial charge is 0.480 e. The molecule has 2 unspecified atom stereocenters. The third kappa shape index (κ3) is 3.63. The third-order valence-electron chi connectivity index (χ3n) is 3.31. The minimum atomic E-state index is -0.944. The minimum absolute atomic E-state index is 0.0746. The van der Waals surface area contributed by atoms with Gasteiger partial charge in [-0.2, -0.15) is 0 Å². The van der Waals surface area contributed by atoms with Gasteiger partial charge in [0.15, 0.2) is 0 Å². The molecule has 1 aromatic carbocycles. The quantitative estimate of drug-likeness (QED) is 0.775. The molecule has 0 spiro atoms. The van der Waals surface area contributed by atoms with E-state index in [1.165, 1.54) is 4.90 Å². The molecular weight excluding hydrogens is 422 g/mol. The molecule has 1 fully saturated rings. The van der Waals surface area contributed by atoms with E-state index in [0.29, 0.717) is 15.8 Å². The summed E-state index contributed by atoms with van der Waals surface area (Å²) in [4.78, 5) is 25.8. The van der Waals surface area contributed by atoms with Crippen LogP contribution in [-0.4, -0.2) is 39.1 Å². The first-order valence-electron chi connectivity index (χ1n) is 6.57. The number of benzene rings is 1. The summed E-state index contributed by atoms with van der Waals surface area (Å²) >= 11 is 8.26. The molecular formula is C14H15Br2NO3S. The Bertz CT molecular complexity index is 567. The van der Waals surface area contributed by atoms with Gasteiger partial charge in [-0.25, -0.2) is 4.79 Å². The highest BCUT2D eigenvalue weighted by Gasteiger charge is 2.41. The Balaban J connectivity index is 2.36. The number of carboxylic acid groups (broad SMARTS) is 1.